The second kappa shape index (κ2) is 6.96. The Morgan fingerprint density at radius 1 is 1.29 bits per heavy atom. The molecule has 2 aromatic rings. The van der Waals surface area contributed by atoms with Crippen molar-refractivity contribution < 1.29 is 13.2 Å². The van der Waals surface area contributed by atoms with Crippen LogP contribution in [0.1, 0.15) is 41.1 Å². The van der Waals surface area contributed by atoms with Crippen LogP contribution in [0.3, 0.4) is 0 Å². The third kappa shape index (κ3) is 4.08. The summed E-state index contributed by atoms with van der Waals surface area (Å²) < 4.78 is 23.0. The highest BCUT2D eigenvalue weighted by Crippen LogP contribution is 2.19. The van der Waals surface area contributed by atoms with Crippen LogP contribution in [0.25, 0.3) is 0 Å². The zero-order valence-electron chi connectivity index (χ0n) is 13.7. The summed E-state index contributed by atoms with van der Waals surface area (Å²) in [5.41, 5.74) is 0.198. The topological polar surface area (TPSA) is 109 Å². The molecule has 2 N–H and O–H groups in total. The van der Waals surface area contributed by atoms with Gasteiger partial charge in [-0.2, -0.15) is 0 Å². The van der Waals surface area contributed by atoms with Gasteiger partial charge in [0.05, 0.1) is 10.9 Å². The summed E-state index contributed by atoms with van der Waals surface area (Å²) in [6.07, 6.45) is 2.96. The maximum absolute atomic E-state index is 12.3. The lowest BCUT2D eigenvalue weighted by atomic mass is 10.0. The van der Waals surface area contributed by atoms with Gasteiger partial charge in [0, 0.05) is 12.5 Å². The average Bonchev–Trinajstić information content (AvgIpc) is 2.51. The molecular formula is C16H19N3O4S. The first-order valence-electron chi connectivity index (χ1n) is 7.39. The van der Waals surface area contributed by atoms with Crippen LogP contribution < -0.4 is 10.9 Å². The average molecular weight is 349 g/mol. The fourth-order valence-corrected chi connectivity index (χ4v) is 2.88. The zero-order valence-corrected chi connectivity index (χ0v) is 14.5. The first kappa shape index (κ1) is 17.9. The van der Waals surface area contributed by atoms with Crippen LogP contribution in [0, 0.1) is 6.92 Å². The van der Waals surface area contributed by atoms with Gasteiger partial charge in [0.1, 0.15) is 11.4 Å². The number of rotatable bonds is 5. The van der Waals surface area contributed by atoms with Crippen LogP contribution in [-0.4, -0.2) is 30.5 Å². The Labute approximate surface area is 140 Å². The van der Waals surface area contributed by atoms with E-state index in [9.17, 15) is 18.0 Å². The molecular weight excluding hydrogens is 330 g/mol. The van der Waals surface area contributed by atoms with Crippen LogP contribution >= 0.6 is 0 Å². The molecule has 0 aliphatic carbocycles. The second-order valence-corrected chi connectivity index (χ2v) is 7.50. The van der Waals surface area contributed by atoms with Gasteiger partial charge in [-0.15, -0.1) is 0 Å². The molecule has 1 atom stereocenters. The molecule has 7 nitrogen and oxygen atoms in total. The predicted octanol–water partition coefficient (Wildman–Crippen LogP) is 1.36. The van der Waals surface area contributed by atoms with E-state index in [1.54, 1.807) is 19.1 Å². The molecule has 1 amide bonds. The molecule has 0 spiro atoms. The van der Waals surface area contributed by atoms with Crippen molar-refractivity contribution in [1.82, 2.24) is 15.3 Å². The molecule has 8 heteroatoms. The molecule has 0 radical (unpaired) electrons. The van der Waals surface area contributed by atoms with Crippen LogP contribution in [0.15, 0.2) is 40.2 Å². The quantitative estimate of drug-likeness (QED) is 0.847. The number of aromatic amines is 1. The van der Waals surface area contributed by atoms with Crippen LogP contribution in [0.2, 0.25) is 0 Å². The zero-order chi connectivity index (χ0) is 17.9. The molecule has 0 saturated heterocycles. The van der Waals surface area contributed by atoms with Gasteiger partial charge in [-0.05, 0) is 31.0 Å². The maximum atomic E-state index is 12.3. The summed E-state index contributed by atoms with van der Waals surface area (Å²) in [5.74, 6) is -0.0947. The van der Waals surface area contributed by atoms with Gasteiger partial charge in [0.2, 0.25) is 0 Å². The summed E-state index contributed by atoms with van der Waals surface area (Å²) in [4.78, 5) is 30.7. The third-order valence-corrected chi connectivity index (χ3v) is 4.72. The van der Waals surface area contributed by atoms with Crippen LogP contribution in [0.4, 0.5) is 0 Å². The number of hydrogen-bond acceptors (Lipinski definition) is 5. The number of H-pyrrole nitrogens is 1. The van der Waals surface area contributed by atoms with Gasteiger partial charge >= 0.3 is 0 Å². The van der Waals surface area contributed by atoms with E-state index < -0.39 is 21.3 Å². The fourth-order valence-electron chi connectivity index (χ4n) is 2.25. The SMILES string of the molecule is CCC(NC(=O)c1cnc(C)[nH]c1=O)c1ccc(S(C)(=O)=O)cc1. The predicted molar refractivity (Wildman–Crippen MR) is 89.6 cm³/mol. The molecule has 0 fully saturated rings. The number of nitrogens with zero attached hydrogens (tertiary/aromatic N) is 1. The van der Waals surface area contributed by atoms with E-state index in [0.717, 1.165) is 11.8 Å². The molecule has 0 saturated carbocycles. The van der Waals surface area contributed by atoms with Gasteiger partial charge in [0.15, 0.2) is 9.84 Å². The lowest BCUT2D eigenvalue weighted by molar-refractivity contribution is 0.0933. The van der Waals surface area contributed by atoms with Gasteiger partial charge in [0.25, 0.3) is 11.5 Å². The monoisotopic (exact) mass is 349 g/mol. The Hall–Kier alpha value is -2.48. The molecule has 1 aromatic heterocycles. The standard InChI is InChI=1S/C16H19N3O4S/c1-4-14(11-5-7-12(8-6-11)24(3,22)23)19-16(21)13-9-17-10(2)18-15(13)20/h5-9,14H,4H2,1-3H3,(H,19,21)(H,17,18,20). The minimum Gasteiger partial charge on any atom is -0.345 e. The van der Waals surface area contributed by atoms with Crippen LogP contribution in [-0.2, 0) is 9.84 Å². The number of aromatic nitrogens is 2. The van der Waals surface area contributed by atoms with Crippen molar-refractivity contribution in [2.45, 2.75) is 31.2 Å². The van der Waals surface area contributed by atoms with Gasteiger partial charge in [-0.1, -0.05) is 19.1 Å². The van der Waals surface area contributed by atoms with E-state index in [1.165, 1.54) is 18.3 Å². The molecule has 24 heavy (non-hydrogen) atoms. The summed E-state index contributed by atoms with van der Waals surface area (Å²) in [6.45, 7) is 3.51. The van der Waals surface area contributed by atoms with E-state index in [1.807, 2.05) is 6.92 Å². The number of benzene rings is 1. The largest absolute Gasteiger partial charge is 0.345 e. The van der Waals surface area contributed by atoms with E-state index in [2.05, 4.69) is 15.3 Å². The molecule has 1 aromatic carbocycles. The van der Waals surface area contributed by atoms with Crippen molar-refractivity contribution in [1.29, 1.82) is 0 Å². The maximum Gasteiger partial charge on any atom is 0.263 e. The first-order chi connectivity index (χ1) is 11.2. The lowest BCUT2D eigenvalue weighted by Crippen LogP contribution is -2.33. The van der Waals surface area contributed by atoms with Crippen molar-refractivity contribution in [2.75, 3.05) is 6.26 Å². The van der Waals surface area contributed by atoms with E-state index in [-0.39, 0.29) is 16.5 Å². The highest BCUT2D eigenvalue weighted by molar-refractivity contribution is 7.90. The number of nitrogens with one attached hydrogen (secondary N) is 2. The summed E-state index contributed by atoms with van der Waals surface area (Å²) in [6, 6.07) is 5.97. The van der Waals surface area contributed by atoms with E-state index in [4.69, 9.17) is 0 Å². The summed E-state index contributed by atoms with van der Waals surface area (Å²) >= 11 is 0. The molecule has 1 heterocycles. The summed E-state index contributed by atoms with van der Waals surface area (Å²) in [7, 11) is -3.27. The molecule has 2 rings (SSSR count). The Bertz CT molecular complexity index is 902. The van der Waals surface area contributed by atoms with Gasteiger partial charge in [-0.25, -0.2) is 13.4 Å². The van der Waals surface area contributed by atoms with Crippen LogP contribution in [0.5, 0.6) is 0 Å². The van der Waals surface area contributed by atoms with Crippen molar-refractivity contribution >= 4 is 15.7 Å². The highest BCUT2D eigenvalue weighted by Gasteiger charge is 2.17. The van der Waals surface area contributed by atoms with Crippen molar-refractivity contribution in [2.24, 2.45) is 0 Å². The molecule has 0 aliphatic heterocycles. The number of amides is 1. The molecule has 0 bridgehead atoms. The number of aryl methyl sites for hydroxylation is 1. The Kier molecular flexibility index (Phi) is 5.18. The van der Waals surface area contributed by atoms with E-state index >= 15 is 0 Å². The fraction of sp³-hybridized carbons (Fsp3) is 0.312. The number of carbonyl (C=O) groups excluding carboxylic acids is 1. The van der Waals surface area contributed by atoms with Crippen molar-refractivity contribution in [3.8, 4) is 0 Å². The van der Waals surface area contributed by atoms with E-state index in [0.29, 0.717) is 12.2 Å². The molecule has 0 aliphatic rings. The van der Waals surface area contributed by atoms with Crippen molar-refractivity contribution in [3.63, 3.8) is 0 Å². The second-order valence-electron chi connectivity index (χ2n) is 5.49. The van der Waals surface area contributed by atoms with Gasteiger partial charge < -0.3 is 10.3 Å². The molecule has 1 unspecified atom stereocenters. The summed E-state index contributed by atoms with van der Waals surface area (Å²) in [5, 5.41) is 2.77. The number of carbonyl (C=O) groups is 1. The minimum absolute atomic E-state index is 0.0631. The number of hydrogen-bond donors (Lipinski definition) is 2. The minimum atomic E-state index is -3.27. The van der Waals surface area contributed by atoms with Crippen molar-refractivity contribution in [3.05, 3.63) is 57.8 Å². The normalized spacial score (nSPS) is 12.6. The highest BCUT2D eigenvalue weighted by atomic mass is 32.2. The molecule has 128 valence electrons. The first-order valence-corrected chi connectivity index (χ1v) is 9.28. The smallest absolute Gasteiger partial charge is 0.263 e. The Balaban J connectivity index is 2.23. The number of sulfone groups is 1. The Morgan fingerprint density at radius 3 is 2.42 bits per heavy atom. The Morgan fingerprint density at radius 2 is 1.92 bits per heavy atom. The lowest BCUT2D eigenvalue weighted by Gasteiger charge is -2.17. The van der Waals surface area contributed by atoms with Gasteiger partial charge in [-0.3, -0.25) is 9.59 Å². The third-order valence-electron chi connectivity index (χ3n) is 3.60.